The summed E-state index contributed by atoms with van der Waals surface area (Å²) in [5.41, 5.74) is 2.23. The number of sulfonamides is 1. The second-order valence-corrected chi connectivity index (χ2v) is 11.4. The lowest BCUT2D eigenvalue weighted by atomic mass is 10.0. The predicted octanol–water partition coefficient (Wildman–Crippen LogP) is 3.92. The number of carbonyl (C=O) groups is 2. The minimum atomic E-state index is -3.77. The Labute approximate surface area is 215 Å². The van der Waals surface area contributed by atoms with Gasteiger partial charge in [0, 0.05) is 12.6 Å². The van der Waals surface area contributed by atoms with Crippen molar-refractivity contribution in [1.29, 1.82) is 0 Å². The molecule has 0 heterocycles. The fourth-order valence-electron chi connectivity index (χ4n) is 3.91. The van der Waals surface area contributed by atoms with Gasteiger partial charge in [0.25, 0.3) is 0 Å². The molecule has 0 spiro atoms. The van der Waals surface area contributed by atoms with Crippen LogP contribution in [0.3, 0.4) is 0 Å². The third-order valence-corrected chi connectivity index (χ3v) is 6.97. The molecule has 2 aromatic carbocycles. The standard InChI is InChI=1S/C27H39N3O5S/c1-8-25(27(32)28-20(4)5)29(17-21-10-9-11-24(16-21)35-6)26(31)18-30(36(7,33)34)23-14-12-22(13-15-23)19(2)3/h9-16,19-20,25H,8,17-18H2,1-7H3,(H,28,32)/t25-/m0/s1. The van der Waals surface area contributed by atoms with Gasteiger partial charge in [-0.25, -0.2) is 8.42 Å². The number of nitrogens with zero attached hydrogens (tertiary/aromatic N) is 2. The zero-order valence-electron chi connectivity index (χ0n) is 22.3. The van der Waals surface area contributed by atoms with Crippen molar-refractivity contribution in [3.8, 4) is 5.75 Å². The number of carbonyl (C=O) groups excluding carboxylic acids is 2. The Morgan fingerprint density at radius 2 is 1.67 bits per heavy atom. The largest absolute Gasteiger partial charge is 0.497 e. The van der Waals surface area contributed by atoms with Gasteiger partial charge in [0.05, 0.1) is 19.1 Å². The molecule has 0 radical (unpaired) electrons. The summed E-state index contributed by atoms with van der Waals surface area (Å²) in [5, 5.41) is 2.88. The summed E-state index contributed by atoms with van der Waals surface area (Å²) in [7, 11) is -2.21. The fourth-order valence-corrected chi connectivity index (χ4v) is 4.76. The predicted molar refractivity (Wildman–Crippen MR) is 144 cm³/mol. The normalized spacial score (nSPS) is 12.4. The molecule has 2 rings (SSSR count). The van der Waals surface area contributed by atoms with Gasteiger partial charge in [0.2, 0.25) is 21.8 Å². The fraction of sp³-hybridized carbons (Fsp3) is 0.481. The highest BCUT2D eigenvalue weighted by Gasteiger charge is 2.32. The van der Waals surface area contributed by atoms with Crippen molar-refractivity contribution in [3.63, 3.8) is 0 Å². The quantitative estimate of drug-likeness (QED) is 0.460. The molecule has 0 fully saturated rings. The zero-order chi connectivity index (χ0) is 27.0. The van der Waals surface area contributed by atoms with E-state index in [0.29, 0.717) is 17.9 Å². The highest BCUT2D eigenvalue weighted by atomic mass is 32.2. The minimum Gasteiger partial charge on any atom is -0.497 e. The molecule has 0 aliphatic rings. The number of rotatable bonds is 12. The number of ether oxygens (including phenoxy) is 1. The molecule has 0 aliphatic carbocycles. The van der Waals surface area contributed by atoms with Gasteiger partial charge in [-0.15, -0.1) is 0 Å². The summed E-state index contributed by atoms with van der Waals surface area (Å²) in [5.74, 6) is 0.163. The molecule has 36 heavy (non-hydrogen) atoms. The summed E-state index contributed by atoms with van der Waals surface area (Å²) in [4.78, 5) is 28.2. The number of nitrogens with one attached hydrogen (secondary N) is 1. The molecular formula is C27H39N3O5S. The van der Waals surface area contributed by atoms with E-state index in [1.165, 1.54) is 4.90 Å². The molecule has 0 aliphatic heterocycles. The first-order valence-electron chi connectivity index (χ1n) is 12.2. The van der Waals surface area contributed by atoms with E-state index in [4.69, 9.17) is 4.74 Å². The van der Waals surface area contributed by atoms with E-state index in [-0.39, 0.29) is 24.4 Å². The average molecular weight is 518 g/mol. The number of hydrogen-bond donors (Lipinski definition) is 1. The Balaban J connectivity index is 2.45. The molecule has 2 amide bonds. The number of hydrogen-bond acceptors (Lipinski definition) is 5. The Morgan fingerprint density at radius 3 is 2.17 bits per heavy atom. The molecule has 2 aromatic rings. The van der Waals surface area contributed by atoms with Crippen LogP contribution in [-0.4, -0.2) is 57.1 Å². The average Bonchev–Trinajstić information content (AvgIpc) is 2.81. The Hall–Kier alpha value is -3.07. The van der Waals surface area contributed by atoms with Gasteiger partial charge in [-0.3, -0.25) is 13.9 Å². The van der Waals surface area contributed by atoms with Crippen LogP contribution in [-0.2, 0) is 26.2 Å². The molecule has 0 aromatic heterocycles. The lowest BCUT2D eigenvalue weighted by Gasteiger charge is -2.33. The van der Waals surface area contributed by atoms with Gasteiger partial charge in [0.1, 0.15) is 18.3 Å². The third kappa shape index (κ3) is 7.98. The number of benzene rings is 2. The number of methoxy groups -OCH3 is 1. The lowest BCUT2D eigenvalue weighted by Crippen LogP contribution is -2.53. The van der Waals surface area contributed by atoms with E-state index in [1.54, 1.807) is 31.4 Å². The van der Waals surface area contributed by atoms with Gasteiger partial charge in [-0.1, -0.05) is 45.0 Å². The highest BCUT2D eigenvalue weighted by molar-refractivity contribution is 7.92. The van der Waals surface area contributed by atoms with Gasteiger partial charge in [-0.05, 0) is 61.6 Å². The topological polar surface area (TPSA) is 96.0 Å². The first-order valence-corrected chi connectivity index (χ1v) is 14.0. The maximum absolute atomic E-state index is 13.7. The van der Waals surface area contributed by atoms with Crippen LogP contribution in [0.4, 0.5) is 5.69 Å². The van der Waals surface area contributed by atoms with Crippen LogP contribution < -0.4 is 14.4 Å². The van der Waals surface area contributed by atoms with Crippen LogP contribution in [0, 0.1) is 0 Å². The Morgan fingerprint density at radius 1 is 1.03 bits per heavy atom. The maximum atomic E-state index is 13.7. The molecule has 0 saturated carbocycles. The molecule has 1 N–H and O–H groups in total. The van der Waals surface area contributed by atoms with Gasteiger partial charge >= 0.3 is 0 Å². The second kappa shape index (κ2) is 12.8. The van der Waals surface area contributed by atoms with Crippen molar-refractivity contribution in [2.45, 2.75) is 65.6 Å². The van der Waals surface area contributed by atoms with E-state index < -0.39 is 28.5 Å². The first-order chi connectivity index (χ1) is 16.9. The van der Waals surface area contributed by atoms with Crippen LogP contribution in [0.2, 0.25) is 0 Å². The van der Waals surface area contributed by atoms with Crippen LogP contribution in [0.15, 0.2) is 48.5 Å². The van der Waals surface area contributed by atoms with Crippen LogP contribution >= 0.6 is 0 Å². The van der Waals surface area contributed by atoms with E-state index in [0.717, 1.165) is 21.7 Å². The summed E-state index contributed by atoms with van der Waals surface area (Å²) in [6.45, 7) is 9.34. The van der Waals surface area contributed by atoms with Crippen LogP contribution in [0.1, 0.15) is 58.1 Å². The van der Waals surface area contributed by atoms with E-state index >= 15 is 0 Å². The molecular weight excluding hydrogens is 478 g/mol. The Bertz CT molecular complexity index is 1130. The molecule has 9 heteroatoms. The van der Waals surface area contributed by atoms with Crippen molar-refractivity contribution in [2.75, 3.05) is 24.2 Å². The Kier molecular flexibility index (Phi) is 10.3. The van der Waals surface area contributed by atoms with E-state index in [2.05, 4.69) is 19.2 Å². The van der Waals surface area contributed by atoms with Crippen LogP contribution in [0.5, 0.6) is 5.75 Å². The molecule has 198 valence electrons. The van der Waals surface area contributed by atoms with Crippen molar-refractivity contribution in [1.82, 2.24) is 10.2 Å². The van der Waals surface area contributed by atoms with Gasteiger partial charge < -0.3 is 15.0 Å². The van der Waals surface area contributed by atoms with E-state index in [9.17, 15) is 18.0 Å². The first kappa shape index (κ1) is 29.2. The minimum absolute atomic E-state index is 0.104. The monoisotopic (exact) mass is 517 g/mol. The van der Waals surface area contributed by atoms with Crippen molar-refractivity contribution >= 4 is 27.5 Å². The molecule has 0 saturated heterocycles. The molecule has 1 atom stereocenters. The molecule has 0 bridgehead atoms. The summed E-state index contributed by atoms with van der Waals surface area (Å²) >= 11 is 0. The summed E-state index contributed by atoms with van der Waals surface area (Å²) < 4.78 is 31.9. The van der Waals surface area contributed by atoms with E-state index in [1.807, 2.05) is 45.0 Å². The lowest BCUT2D eigenvalue weighted by molar-refractivity contribution is -0.140. The SMILES string of the molecule is CC[C@@H](C(=O)NC(C)C)N(Cc1cccc(OC)c1)C(=O)CN(c1ccc(C(C)C)cc1)S(C)(=O)=O. The third-order valence-electron chi connectivity index (χ3n) is 5.83. The molecule has 8 nitrogen and oxygen atoms in total. The number of anilines is 1. The van der Waals surface area contributed by atoms with Crippen molar-refractivity contribution in [2.24, 2.45) is 0 Å². The summed E-state index contributed by atoms with van der Waals surface area (Å²) in [6.07, 6.45) is 1.45. The highest BCUT2D eigenvalue weighted by Crippen LogP contribution is 2.23. The van der Waals surface area contributed by atoms with Gasteiger partial charge in [0.15, 0.2) is 0 Å². The number of amides is 2. The maximum Gasteiger partial charge on any atom is 0.244 e. The van der Waals surface area contributed by atoms with Crippen molar-refractivity contribution in [3.05, 3.63) is 59.7 Å². The smallest absolute Gasteiger partial charge is 0.244 e. The van der Waals surface area contributed by atoms with Crippen molar-refractivity contribution < 1.29 is 22.7 Å². The molecule has 0 unspecified atom stereocenters. The summed E-state index contributed by atoms with van der Waals surface area (Å²) in [6, 6.07) is 13.5. The second-order valence-electron chi connectivity index (χ2n) is 9.48. The van der Waals surface area contributed by atoms with Gasteiger partial charge in [-0.2, -0.15) is 0 Å². The van der Waals surface area contributed by atoms with Crippen LogP contribution in [0.25, 0.3) is 0 Å². The zero-order valence-corrected chi connectivity index (χ0v) is 23.1.